The van der Waals surface area contributed by atoms with Crippen LogP contribution in [0.15, 0.2) is 78.0 Å². The molecule has 1 heterocycles. The minimum absolute atomic E-state index is 0.110. The number of aromatic nitrogens is 3. The Morgan fingerprint density at radius 2 is 1.77 bits per heavy atom. The Morgan fingerprint density at radius 1 is 1.03 bits per heavy atom. The number of ether oxygens (including phenoxy) is 1. The number of hydrogen-bond acceptors (Lipinski definition) is 5. The van der Waals surface area contributed by atoms with E-state index in [2.05, 4.69) is 34.6 Å². The third kappa shape index (κ3) is 6.24. The Balaban J connectivity index is 1.54. The van der Waals surface area contributed by atoms with Gasteiger partial charge in [-0.15, -0.1) is 10.2 Å². The van der Waals surface area contributed by atoms with Crippen LogP contribution in [-0.2, 0) is 11.2 Å². The summed E-state index contributed by atoms with van der Waals surface area (Å²) in [5, 5.41) is 13.0. The van der Waals surface area contributed by atoms with E-state index in [0.29, 0.717) is 21.8 Å². The van der Waals surface area contributed by atoms with E-state index in [1.165, 1.54) is 17.3 Å². The van der Waals surface area contributed by atoms with Crippen LogP contribution in [0.2, 0.25) is 5.02 Å². The Labute approximate surface area is 214 Å². The molecular formula is C27H27ClN4O2S. The molecule has 0 atom stereocenters. The molecule has 0 aliphatic heterocycles. The van der Waals surface area contributed by atoms with Crippen molar-refractivity contribution in [1.82, 2.24) is 14.8 Å². The highest BCUT2D eigenvalue weighted by molar-refractivity contribution is 7.99. The Bertz CT molecular complexity index is 1270. The maximum Gasteiger partial charge on any atom is 0.234 e. The second-order valence-corrected chi connectivity index (χ2v) is 9.33. The summed E-state index contributed by atoms with van der Waals surface area (Å²) in [5.74, 6) is 1.39. The number of carbonyl (C=O) groups excluding carboxylic acids is 1. The molecule has 4 rings (SSSR count). The monoisotopic (exact) mass is 506 g/mol. The van der Waals surface area contributed by atoms with Crippen LogP contribution in [0.1, 0.15) is 25.3 Å². The second-order valence-electron chi connectivity index (χ2n) is 7.96. The van der Waals surface area contributed by atoms with Crippen molar-refractivity contribution in [3.05, 3.63) is 83.4 Å². The molecule has 0 aliphatic carbocycles. The van der Waals surface area contributed by atoms with Gasteiger partial charge in [0, 0.05) is 16.4 Å². The highest BCUT2D eigenvalue weighted by atomic mass is 35.5. The molecule has 1 aromatic heterocycles. The number of unbranched alkanes of at least 4 members (excludes halogenated alkanes) is 1. The van der Waals surface area contributed by atoms with Crippen LogP contribution >= 0.6 is 23.4 Å². The van der Waals surface area contributed by atoms with Gasteiger partial charge in [0.15, 0.2) is 11.0 Å². The van der Waals surface area contributed by atoms with Gasteiger partial charge in [0.25, 0.3) is 0 Å². The largest absolute Gasteiger partial charge is 0.496 e. The standard InChI is InChI=1S/C27H27ClN4O2S/c1-3-4-7-19-10-14-21(15-11-19)29-25(33)18-35-27-31-30-26(23-8-5-6-9-24(23)34-2)32(27)22-16-12-20(28)13-17-22/h5-6,8-17H,3-4,7,18H2,1-2H3,(H,29,33). The van der Waals surface area contributed by atoms with Crippen molar-refractivity contribution in [2.75, 3.05) is 18.2 Å². The number of nitrogens with one attached hydrogen (secondary N) is 1. The smallest absolute Gasteiger partial charge is 0.234 e. The van der Waals surface area contributed by atoms with E-state index in [0.717, 1.165) is 36.2 Å². The third-order valence-electron chi connectivity index (χ3n) is 5.46. The molecule has 35 heavy (non-hydrogen) atoms. The molecule has 1 N–H and O–H groups in total. The van der Waals surface area contributed by atoms with Crippen molar-refractivity contribution >= 4 is 35.0 Å². The average molecular weight is 507 g/mol. The van der Waals surface area contributed by atoms with Gasteiger partial charge in [0.05, 0.1) is 18.4 Å². The van der Waals surface area contributed by atoms with Crippen LogP contribution in [0, 0.1) is 0 Å². The summed E-state index contributed by atoms with van der Waals surface area (Å²) in [6, 6.07) is 23.1. The van der Waals surface area contributed by atoms with Gasteiger partial charge >= 0.3 is 0 Å². The van der Waals surface area contributed by atoms with Crippen molar-refractivity contribution in [2.24, 2.45) is 0 Å². The summed E-state index contributed by atoms with van der Waals surface area (Å²) >= 11 is 7.43. The molecule has 0 saturated carbocycles. The number of benzene rings is 3. The minimum Gasteiger partial charge on any atom is -0.496 e. The summed E-state index contributed by atoms with van der Waals surface area (Å²) in [7, 11) is 1.62. The lowest BCUT2D eigenvalue weighted by molar-refractivity contribution is -0.113. The van der Waals surface area contributed by atoms with E-state index in [1.807, 2.05) is 65.2 Å². The molecule has 8 heteroatoms. The number of amides is 1. The lowest BCUT2D eigenvalue weighted by Crippen LogP contribution is -2.14. The first-order valence-electron chi connectivity index (χ1n) is 11.5. The predicted octanol–water partition coefficient (Wildman–Crippen LogP) is 6.67. The zero-order chi connectivity index (χ0) is 24.6. The predicted molar refractivity (Wildman–Crippen MR) is 143 cm³/mol. The summed E-state index contributed by atoms with van der Waals surface area (Å²) in [6.07, 6.45) is 3.37. The maximum absolute atomic E-state index is 12.7. The molecule has 0 bridgehead atoms. The van der Waals surface area contributed by atoms with E-state index in [4.69, 9.17) is 16.3 Å². The van der Waals surface area contributed by atoms with Crippen molar-refractivity contribution in [3.8, 4) is 22.8 Å². The van der Waals surface area contributed by atoms with E-state index < -0.39 is 0 Å². The third-order valence-corrected chi connectivity index (χ3v) is 6.64. The Kier molecular flexibility index (Phi) is 8.45. The Hall–Kier alpha value is -3.29. The van der Waals surface area contributed by atoms with E-state index >= 15 is 0 Å². The normalized spacial score (nSPS) is 10.8. The van der Waals surface area contributed by atoms with Crippen molar-refractivity contribution < 1.29 is 9.53 Å². The summed E-state index contributed by atoms with van der Waals surface area (Å²) in [5.41, 5.74) is 3.70. The SMILES string of the molecule is CCCCc1ccc(NC(=O)CSc2nnc(-c3ccccc3OC)n2-c2ccc(Cl)cc2)cc1. The van der Waals surface area contributed by atoms with Crippen LogP contribution < -0.4 is 10.1 Å². The molecule has 0 saturated heterocycles. The first kappa shape index (κ1) is 24.8. The number of rotatable bonds is 10. The number of carbonyl (C=O) groups is 1. The molecule has 180 valence electrons. The molecule has 3 aromatic carbocycles. The van der Waals surface area contributed by atoms with Crippen molar-refractivity contribution in [2.45, 2.75) is 31.3 Å². The van der Waals surface area contributed by atoms with Gasteiger partial charge in [-0.05, 0) is 66.9 Å². The van der Waals surface area contributed by atoms with E-state index in [1.54, 1.807) is 7.11 Å². The fraction of sp³-hybridized carbons (Fsp3) is 0.222. The first-order valence-corrected chi connectivity index (χ1v) is 12.8. The lowest BCUT2D eigenvalue weighted by atomic mass is 10.1. The number of aryl methyl sites for hydroxylation is 1. The molecule has 0 aliphatic rings. The molecule has 1 amide bonds. The summed E-state index contributed by atoms with van der Waals surface area (Å²) in [4.78, 5) is 12.7. The number of hydrogen-bond donors (Lipinski definition) is 1. The van der Waals surface area contributed by atoms with Gasteiger partial charge in [0.1, 0.15) is 5.75 Å². The van der Waals surface area contributed by atoms with Crippen molar-refractivity contribution in [3.63, 3.8) is 0 Å². The fourth-order valence-corrected chi connectivity index (χ4v) is 4.53. The van der Waals surface area contributed by atoms with Gasteiger partial charge in [-0.25, -0.2) is 0 Å². The van der Waals surface area contributed by atoms with Gasteiger partial charge in [-0.1, -0.05) is 61.0 Å². The van der Waals surface area contributed by atoms with Crippen molar-refractivity contribution in [1.29, 1.82) is 0 Å². The number of methoxy groups -OCH3 is 1. The highest BCUT2D eigenvalue weighted by Crippen LogP contribution is 2.33. The zero-order valence-electron chi connectivity index (χ0n) is 19.7. The molecule has 0 radical (unpaired) electrons. The summed E-state index contributed by atoms with van der Waals surface area (Å²) < 4.78 is 7.45. The molecule has 6 nitrogen and oxygen atoms in total. The Morgan fingerprint density at radius 3 is 2.49 bits per heavy atom. The van der Waals surface area contributed by atoms with Gasteiger partial charge in [-0.2, -0.15) is 0 Å². The summed E-state index contributed by atoms with van der Waals surface area (Å²) in [6.45, 7) is 2.18. The molecule has 0 spiro atoms. The number of thioether (sulfide) groups is 1. The van der Waals surface area contributed by atoms with Gasteiger partial charge in [0.2, 0.25) is 5.91 Å². The minimum atomic E-state index is -0.110. The molecular weight excluding hydrogens is 480 g/mol. The highest BCUT2D eigenvalue weighted by Gasteiger charge is 2.20. The lowest BCUT2D eigenvalue weighted by Gasteiger charge is -2.12. The molecule has 4 aromatic rings. The number of nitrogens with zero attached hydrogens (tertiary/aromatic N) is 3. The average Bonchev–Trinajstić information content (AvgIpc) is 3.31. The van der Waals surface area contributed by atoms with Gasteiger partial charge < -0.3 is 10.1 Å². The quantitative estimate of drug-likeness (QED) is 0.243. The topological polar surface area (TPSA) is 69.0 Å². The zero-order valence-corrected chi connectivity index (χ0v) is 21.3. The fourth-order valence-electron chi connectivity index (χ4n) is 3.65. The molecule has 0 fully saturated rings. The molecule has 0 unspecified atom stereocenters. The van der Waals surface area contributed by atoms with Crippen LogP contribution in [0.4, 0.5) is 5.69 Å². The van der Waals surface area contributed by atoms with E-state index in [9.17, 15) is 4.79 Å². The maximum atomic E-state index is 12.7. The van der Waals surface area contributed by atoms with Gasteiger partial charge in [-0.3, -0.25) is 9.36 Å². The number of halogens is 1. The van der Waals surface area contributed by atoms with Crippen LogP contribution in [0.25, 0.3) is 17.1 Å². The first-order chi connectivity index (χ1) is 17.1. The number of anilines is 1. The van der Waals surface area contributed by atoms with E-state index in [-0.39, 0.29) is 11.7 Å². The second kappa shape index (κ2) is 11.9. The van der Waals surface area contributed by atoms with Crippen LogP contribution in [0.5, 0.6) is 5.75 Å². The number of para-hydroxylation sites is 1. The van der Waals surface area contributed by atoms with Crippen LogP contribution in [0.3, 0.4) is 0 Å². The van der Waals surface area contributed by atoms with Crippen LogP contribution in [-0.4, -0.2) is 33.5 Å².